The van der Waals surface area contributed by atoms with Crippen molar-refractivity contribution in [3.05, 3.63) is 82.8 Å². The maximum absolute atomic E-state index is 12.4. The van der Waals surface area contributed by atoms with Crippen molar-refractivity contribution >= 4 is 34.9 Å². The van der Waals surface area contributed by atoms with Gasteiger partial charge < -0.3 is 20.0 Å². The summed E-state index contributed by atoms with van der Waals surface area (Å²) in [5, 5.41) is 6.27. The molecule has 0 saturated carbocycles. The second kappa shape index (κ2) is 8.63. The van der Waals surface area contributed by atoms with Crippen molar-refractivity contribution < 1.29 is 14.0 Å². The van der Waals surface area contributed by atoms with E-state index in [4.69, 9.17) is 16.0 Å². The lowest BCUT2D eigenvalue weighted by Crippen LogP contribution is -2.30. The molecular formula is C21H20ClN3O3. The lowest BCUT2D eigenvalue weighted by molar-refractivity contribution is 0.0996. The molecule has 3 amide bonds. The first-order valence-electron chi connectivity index (χ1n) is 8.64. The second-order valence-electron chi connectivity index (χ2n) is 6.38. The molecule has 28 heavy (non-hydrogen) atoms. The molecule has 2 aromatic carbocycles. The summed E-state index contributed by atoms with van der Waals surface area (Å²) in [5.74, 6) is -0.0921. The zero-order chi connectivity index (χ0) is 20.1. The Morgan fingerprint density at radius 2 is 1.89 bits per heavy atom. The van der Waals surface area contributed by atoms with E-state index in [1.54, 1.807) is 48.3 Å². The van der Waals surface area contributed by atoms with Gasteiger partial charge >= 0.3 is 6.03 Å². The van der Waals surface area contributed by atoms with Crippen molar-refractivity contribution in [3.63, 3.8) is 0 Å². The predicted molar refractivity (Wildman–Crippen MR) is 110 cm³/mol. The molecule has 1 heterocycles. The number of urea groups is 1. The van der Waals surface area contributed by atoms with Crippen LogP contribution in [0.4, 0.5) is 16.2 Å². The average molecular weight is 398 g/mol. The third-order valence-electron chi connectivity index (χ3n) is 4.13. The van der Waals surface area contributed by atoms with Gasteiger partial charge in [-0.15, -0.1) is 0 Å². The number of carbonyl (C=O) groups is 2. The van der Waals surface area contributed by atoms with Crippen LogP contribution in [0.3, 0.4) is 0 Å². The standard InChI is InChI=1S/C21H20ClN3O3/c1-14-11-17(8-9-18(14)24-20(26)19-7-4-10-28-19)23-21(27)25(2)13-15-5-3-6-16(22)12-15/h3-12H,13H2,1-2H3,(H,23,27)(H,24,26). The van der Waals surface area contributed by atoms with Crippen molar-refractivity contribution in [2.45, 2.75) is 13.5 Å². The van der Waals surface area contributed by atoms with E-state index in [1.807, 2.05) is 25.1 Å². The number of rotatable bonds is 5. The van der Waals surface area contributed by atoms with Gasteiger partial charge in [-0.2, -0.15) is 0 Å². The van der Waals surface area contributed by atoms with E-state index >= 15 is 0 Å². The summed E-state index contributed by atoms with van der Waals surface area (Å²) in [7, 11) is 1.71. The summed E-state index contributed by atoms with van der Waals surface area (Å²) in [5.41, 5.74) is 3.04. The van der Waals surface area contributed by atoms with Crippen LogP contribution in [0.1, 0.15) is 21.7 Å². The van der Waals surface area contributed by atoms with Crippen LogP contribution >= 0.6 is 11.6 Å². The molecule has 0 radical (unpaired) electrons. The van der Waals surface area contributed by atoms with Crippen molar-refractivity contribution in [3.8, 4) is 0 Å². The van der Waals surface area contributed by atoms with Gasteiger partial charge in [-0.05, 0) is 60.5 Å². The number of furan rings is 1. The third kappa shape index (κ3) is 4.92. The van der Waals surface area contributed by atoms with Gasteiger partial charge in [-0.25, -0.2) is 4.79 Å². The fourth-order valence-electron chi connectivity index (χ4n) is 2.67. The molecular weight excluding hydrogens is 378 g/mol. The molecule has 1 aromatic heterocycles. The minimum Gasteiger partial charge on any atom is -0.459 e. The molecule has 0 atom stereocenters. The van der Waals surface area contributed by atoms with Gasteiger partial charge in [0, 0.05) is 30.0 Å². The van der Waals surface area contributed by atoms with E-state index in [9.17, 15) is 9.59 Å². The Hall–Kier alpha value is -3.25. The van der Waals surface area contributed by atoms with Gasteiger partial charge in [0.1, 0.15) is 0 Å². The summed E-state index contributed by atoms with van der Waals surface area (Å²) in [6, 6.07) is 15.6. The van der Waals surface area contributed by atoms with Gasteiger partial charge in [-0.3, -0.25) is 4.79 Å². The molecule has 0 saturated heterocycles. The molecule has 0 bridgehead atoms. The molecule has 0 fully saturated rings. The molecule has 6 nitrogen and oxygen atoms in total. The molecule has 3 aromatic rings. The zero-order valence-electron chi connectivity index (χ0n) is 15.5. The van der Waals surface area contributed by atoms with Crippen LogP contribution in [0, 0.1) is 6.92 Å². The first-order chi connectivity index (χ1) is 13.4. The normalized spacial score (nSPS) is 10.4. The van der Waals surface area contributed by atoms with Crippen molar-refractivity contribution in [1.82, 2.24) is 4.90 Å². The van der Waals surface area contributed by atoms with Crippen molar-refractivity contribution in [1.29, 1.82) is 0 Å². The Bertz CT molecular complexity index is 986. The molecule has 7 heteroatoms. The van der Waals surface area contributed by atoms with Crippen LogP contribution in [0.5, 0.6) is 0 Å². The van der Waals surface area contributed by atoms with Gasteiger partial charge in [0.05, 0.1) is 6.26 Å². The lowest BCUT2D eigenvalue weighted by atomic mass is 10.1. The Kier molecular flexibility index (Phi) is 6.01. The van der Waals surface area contributed by atoms with Gasteiger partial charge in [0.15, 0.2) is 5.76 Å². The van der Waals surface area contributed by atoms with Crippen LogP contribution in [-0.4, -0.2) is 23.9 Å². The van der Waals surface area contributed by atoms with Crippen LogP contribution in [0.2, 0.25) is 5.02 Å². The van der Waals surface area contributed by atoms with E-state index in [-0.39, 0.29) is 17.7 Å². The van der Waals surface area contributed by atoms with Crippen LogP contribution in [-0.2, 0) is 6.54 Å². The van der Waals surface area contributed by atoms with Gasteiger partial charge in [0.25, 0.3) is 5.91 Å². The molecule has 0 unspecified atom stereocenters. The van der Waals surface area contributed by atoms with Crippen LogP contribution in [0.15, 0.2) is 65.3 Å². The van der Waals surface area contributed by atoms with Crippen molar-refractivity contribution in [2.75, 3.05) is 17.7 Å². The molecule has 144 valence electrons. The van der Waals surface area contributed by atoms with Crippen molar-refractivity contribution in [2.24, 2.45) is 0 Å². The van der Waals surface area contributed by atoms with Gasteiger partial charge in [0.2, 0.25) is 0 Å². The van der Waals surface area contributed by atoms with Crippen LogP contribution < -0.4 is 10.6 Å². The highest BCUT2D eigenvalue weighted by Gasteiger charge is 2.13. The number of amides is 3. The summed E-state index contributed by atoms with van der Waals surface area (Å²) in [6.45, 7) is 2.28. The SMILES string of the molecule is Cc1cc(NC(=O)N(C)Cc2cccc(Cl)c2)ccc1NC(=O)c1ccco1. The highest BCUT2D eigenvalue weighted by Crippen LogP contribution is 2.21. The van der Waals surface area contributed by atoms with E-state index in [1.165, 1.54) is 6.26 Å². The minimum atomic E-state index is -0.328. The molecule has 0 spiro atoms. The largest absolute Gasteiger partial charge is 0.459 e. The third-order valence-corrected chi connectivity index (χ3v) is 4.36. The zero-order valence-corrected chi connectivity index (χ0v) is 16.3. The van der Waals surface area contributed by atoms with E-state index in [2.05, 4.69) is 10.6 Å². The summed E-state index contributed by atoms with van der Waals surface area (Å²) < 4.78 is 5.08. The predicted octanol–water partition coefficient (Wildman–Crippen LogP) is 5.16. The number of carbonyl (C=O) groups excluding carboxylic acids is 2. The summed E-state index contributed by atoms with van der Waals surface area (Å²) in [4.78, 5) is 26.1. The Labute approximate surface area is 168 Å². The molecule has 2 N–H and O–H groups in total. The Morgan fingerprint density at radius 3 is 2.57 bits per heavy atom. The number of halogens is 1. The number of anilines is 2. The maximum Gasteiger partial charge on any atom is 0.321 e. The van der Waals surface area contributed by atoms with E-state index in [0.717, 1.165) is 11.1 Å². The van der Waals surface area contributed by atoms with Crippen LogP contribution in [0.25, 0.3) is 0 Å². The van der Waals surface area contributed by atoms with Gasteiger partial charge in [-0.1, -0.05) is 23.7 Å². The lowest BCUT2D eigenvalue weighted by Gasteiger charge is -2.19. The minimum absolute atomic E-state index is 0.236. The number of benzene rings is 2. The number of aryl methyl sites for hydroxylation is 1. The van der Waals surface area contributed by atoms with E-state index < -0.39 is 0 Å². The topological polar surface area (TPSA) is 74.6 Å². The first kappa shape index (κ1) is 19.5. The maximum atomic E-state index is 12.4. The monoisotopic (exact) mass is 397 g/mol. The number of hydrogen-bond acceptors (Lipinski definition) is 3. The van der Waals surface area contributed by atoms with E-state index in [0.29, 0.717) is 22.9 Å². The number of nitrogens with one attached hydrogen (secondary N) is 2. The Balaban J connectivity index is 1.61. The molecule has 0 aliphatic heterocycles. The fraction of sp³-hybridized carbons (Fsp3) is 0.143. The summed E-state index contributed by atoms with van der Waals surface area (Å²) in [6.07, 6.45) is 1.44. The number of hydrogen-bond donors (Lipinski definition) is 2. The molecule has 0 aliphatic rings. The average Bonchev–Trinajstić information content (AvgIpc) is 3.19. The smallest absolute Gasteiger partial charge is 0.321 e. The second-order valence-corrected chi connectivity index (χ2v) is 6.81. The fourth-order valence-corrected chi connectivity index (χ4v) is 2.89. The first-order valence-corrected chi connectivity index (χ1v) is 9.02. The number of nitrogens with zero attached hydrogens (tertiary/aromatic N) is 1. The highest BCUT2D eigenvalue weighted by atomic mass is 35.5. The highest BCUT2D eigenvalue weighted by molar-refractivity contribution is 6.30. The summed E-state index contributed by atoms with van der Waals surface area (Å²) >= 11 is 5.98. The molecule has 0 aliphatic carbocycles. The molecule has 3 rings (SSSR count). The Morgan fingerprint density at radius 1 is 1.07 bits per heavy atom. The quantitative estimate of drug-likeness (QED) is 0.624.